The molecule has 3 nitrogen and oxygen atoms in total. The molecule has 1 heterocycles. The van der Waals surface area contributed by atoms with Crippen molar-refractivity contribution >= 4 is 15.9 Å². The van der Waals surface area contributed by atoms with Crippen LogP contribution in [0.5, 0.6) is 5.75 Å². The lowest BCUT2D eigenvalue weighted by Crippen LogP contribution is -1.87. The van der Waals surface area contributed by atoms with Crippen molar-refractivity contribution in [2.24, 2.45) is 0 Å². The molecule has 0 amide bonds. The van der Waals surface area contributed by atoms with Gasteiger partial charge in [0.05, 0.1) is 23.3 Å². The van der Waals surface area contributed by atoms with Crippen LogP contribution in [-0.4, -0.2) is 12.1 Å². The smallest absolute Gasteiger partial charge is 0.181 e. The molecule has 0 unspecified atom stereocenters. The van der Waals surface area contributed by atoms with Crippen molar-refractivity contribution < 1.29 is 9.15 Å². The van der Waals surface area contributed by atoms with Gasteiger partial charge in [-0.3, -0.25) is 0 Å². The quantitative estimate of drug-likeness (QED) is 0.825. The van der Waals surface area contributed by atoms with Gasteiger partial charge >= 0.3 is 0 Å². The second kappa shape index (κ2) is 3.84. The highest BCUT2D eigenvalue weighted by Crippen LogP contribution is 2.35. The lowest BCUT2D eigenvalue weighted by atomic mass is 10.1. The molecule has 2 aromatic rings. The fraction of sp³-hybridized carbons (Fsp3) is 0.100. The zero-order chi connectivity index (χ0) is 9.97. The third kappa shape index (κ3) is 1.53. The van der Waals surface area contributed by atoms with Crippen LogP contribution in [0.3, 0.4) is 0 Å². The van der Waals surface area contributed by atoms with Crippen LogP contribution in [0.1, 0.15) is 0 Å². The van der Waals surface area contributed by atoms with Gasteiger partial charge < -0.3 is 9.15 Å². The summed E-state index contributed by atoms with van der Waals surface area (Å²) < 4.78 is 11.4. The zero-order valence-electron chi connectivity index (χ0n) is 7.53. The molecule has 0 aliphatic carbocycles. The lowest BCUT2D eigenvalue weighted by molar-refractivity contribution is 0.412. The van der Waals surface area contributed by atoms with Crippen molar-refractivity contribution in [3.63, 3.8) is 0 Å². The van der Waals surface area contributed by atoms with Gasteiger partial charge in [0.15, 0.2) is 12.2 Å². The Hall–Kier alpha value is -1.29. The van der Waals surface area contributed by atoms with E-state index in [1.807, 2.05) is 18.2 Å². The summed E-state index contributed by atoms with van der Waals surface area (Å²) in [5, 5.41) is 0. The number of hydrogen-bond acceptors (Lipinski definition) is 3. The highest BCUT2D eigenvalue weighted by Gasteiger charge is 2.10. The molecule has 0 aliphatic rings. The van der Waals surface area contributed by atoms with Crippen LogP contribution >= 0.6 is 15.9 Å². The topological polar surface area (TPSA) is 35.3 Å². The molecule has 1 aromatic carbocycles. The number of rotatable bonds is 2. The SMILES string of the molecule is COc1c(Br)cccc1-c1cnco1. The Morgan fingerprint density at radius 1 is 1.43 bits per heavy atom. The number of aromatic nitrogens is 1. The Bertz CT molecular complexity index is 426. The van der Waals surface area contributed by atoms with Crippen LogP contribution in [0.15, 0.2) is 39.7 Å². The standard InChI is InChI=1S/C10H8BrNO2/c1-13-10-7(3-2-4-8(10)11)9-5-12-6-14-9/h2-6H,1H3. The van der Waals surface area contributed by atoms with Crippen molar-refractivity contribution in [2.75, 3.05) is 7.11 Å². The number of nitrogens with zero attached hydrogens (tertiary/aromatic N) is 1. The van der Waals surface area contributed by atoms with Gasteiger partial charge in [0.25, 0.3) is 0 Å². The third-order valence-electron chi connectivity index (χ3n) is 1.87. The summed E-state index contributed by atoms with van der Waals surface area (Å²) in [5.41, 5.74) is 0.888. The molecule has 1 aromatic heterocycles. The second-order valence-corrected chi connectivity index (χ2v) is 3.54. The normalized spacial score (nSPS) is 10.1. The van der Waals surface area contributed by atoms with Gasteiger partial charge in [-0.15, -0.1) is 0 Å². The van der Waals surface area contributed by atoms with E-state index in [2.05, 4.69) is 20.9 Å². The van der Waals surface area contributed by atoms with Gasteiger partial charge in [-0.2, -0.15) is 0 Å². The van der Waals surface area contributed by atoms with Crippen molar-refractivity contribution in [3.8, 4) is 17.1 Å². The maximum atomic E-state index is 5.27. The predicted molar refractivity (Wildman–Crippen MR) is 56.2 cm³/mol. The summed E-state index contributed by atoms with van der Waals surface area (Å²) in [6, 6.07) is 5.76. The van der Waals surface area contributed by atoms with Crippen molar-refractivity contribution in [1.82, 2.24) is 4.98 Å². The van der Waals surface area contributed by atoms with Crippen molar-refractivity contribution in [2.45, 2.75) is 0 Å². The molecule has 0 N–H and O–H groups in total. The van der Waals surface area contributed by atoms with Crippen LogP contribution in [-0.2, 0) is 0 Å². The monoisotopic (exact) mass is 253 g/mol. The molecule has 4 heteroatoms. The molecule has 14 heavy (non-hydrogen) atoms. The van der Waals surface area contributed by atoms with E-state index in [0.717, 1.165) is 15.8 Å². The van der Waals surface area contributed by atoms with Gasteiger partial charge in [-0.25, -0.2) is 4.98 Å². The van der Waals surface area contributed by atoms with E-state index in [-0.39, 0.29) is 0 Å². The fourth-order valence-electron chi connectivity index (χ4n) is 1.26. The third-order valence-corrected chi connectivity index (χ3v) is 2.49. The average Bonchev–Trinajstić information content (AvgIpc) is 2.70. The van der Waals surface area contributed by atoms with Crippen molar-refractivity contribution in [1.29, 1.82) is 0 Å². The van der Waals surface area contributed by atoms with E-state index in [0.29, 0.717) is 5.76 Å². The second-order valence-electron chi connectivity index (χ2n) is 2.69. The van der Waals surface area contributed by atoms with Gasteiger partial charge in [0, 0.05) is 0 Å². The van der Waals surface area contributed by atoms with E-state index in [9.17, 15) is 0 Å². The minimum atomic E-state index is 0.697. The summed E-state index contributed by atoms with van der Waals surface area (Å²) in [6.45, 7) is 0. The molecule has 0 atom stereocenters. The highest BCUT2D eigenvalue weighted by atomic mass is 79.9. The fourth-order valence-corrected chi connectivity index (χ4v) is 1.79. The van der Waals surface area contributed by atoms with E-state index in [1.165, 1.54) is 6.39 Å². The van der Waals surface area contributed by atoms with Crippen LogP contribution in [0.25, 0.3) is 11.3 Å². The summed E-state index contributed by atoms with van der Waals surface area (Å²) in [7, 11) is 1.62. The summed E-state index contributed by atoms with van der Waals surface area (Å²) >= 11 is 3.41. The molecular formula is C10H8BrNO2. The number of halogens is 1. The maximum absolute atomic E-state index is 5.27. The Kier molecular flexibility index (Phi) is 2.54. The van der Waals surface area contributed by atoms with E-state index >= 15 is 0 Å². The van der Waals surface area contributed by atoms with Gasteiger partial charge in [-0.05, 0) is 28.1 Å². The molecule has 0 saturated heterocycles. The molecule has 0 radical (unpaired) electrons. The number of oxazole rings is 1. The zero-order valence-corrected chi connectivity index (χ0v) is 9.11. The number of hydrogen-bond donors (Lipinski definition) is 0. The first-order valence-corrected chi connectivity index (χ1v) is 4.83. The van der Waals surface area contributed by atoms with Gasteiger partial charge in [0.1, 0.15) is 5.75 Å². The van der Waals surface area contributed by atoms with Crippen LogP contribution in [0.4, 0.5) is 0 Å². The molecule has 0 bridgehead atoms. The number of ether oxygens (including phenoxy) is 1. The summed E-state index contributed by atoms with van der Waals surface area (Å²) in [4.78, 5) is 3.87. The van der Waals surface area contributed by atoms with Crippen molar-refractivity contribution in [3.05, 3.63) is 35.3 Å². The molecule has 0 fully saturated rings. The van der Waals surface area contributed by atoms with E-state index in [1.54, 1.807) is 13.3 Å². The highest BCUT2D eigenvalue weighted by molar-refractivity contribution is 9.10. The molecule has 0 saturated carbocycles. The van der Waals surface area contributed by atoms with Gasteiger partial charge in [-0.1, -0.05) is 6.07 Å². The summed E-state index contributed by atoms with van der Waals surface area (Å²) in [6.07, 6.45) is 3.06. The van der Waals surface area contributed by atoms with Crippen LogP contribution in [0.2, 0.25) is 0 Å². The summed E-state index contributed by atoms with van der Waals surface area (Å²) in [5.74, 6) is 1.45. The number of methoxy groups -OCH3 is 1. The van der Waals surface area contributed by atoms with Crippen LogP contribution < -0.4 is 4.74 Å². The van der Waals surface area contributed by atoms with Crippen LogP contribution in [0, 0.1) is 0 Å². The maximum Gasteiger partial charge on any atom is 0.181 e. The first-order chi connectivity index (χ1) is 6.83. The molecule has 72 valence electrons. The van der Waals surface area contributed by atoms with Gasteiger partial charge in [0.2, 0.25) is 0 Å². The Morgan fingerprint density at radius 3 is 2.93 bits per heavy atom. The Morgan fingerprint density at radius 2 is 2.29 bits per heavy atom. The Labute approximate surface area is 89.8 Å². The molecule has 2 rings (SSSR count). The molecule has 0 spiro atoms. The first-order valence-electron chi connectivity index (χ1n) is 4.04. The molecule has 0 aliphatic heterocycles. The largest absolute Gasteiger partial charge is 0.495 e. The number of para-hydroxylation sites is 1. The number of benzene rings is 1. The predicted octanol–water partition coefficient (Wildman–Crippen LogP) is 3.11. The first kappa shape index (κ1) is 9.27. The molecular weight excluding hydrogens is 246 g/mol. The lowest BCUT2D eigenvalue weighted by Gasteiger charge is -2.07. The Balaban J connectivity index is 2.58. The minimum Gasteiger partial charge on any atom is -0.495 e. The van der Waals surface area contributed by atoms with E-state index in [4.69, 9.17) is 9.15 Å². The van der Waals surface area contributed by atoms with E-state index < -0.39 is 0 Å². The average molecular weight is 254 g/mol. The minimum absolute atomic E-state index is 0.697.